The van der Waals surface area contributed by atoms with Gasteiger partial charge in [0, 0.05) is 50.7 Å². The zero-order valence-electron chi connectivity index (χ0n) is 24.8. The lowest BCUT2D eigenvalue weighted by molar-refractivity contribution is -0.133. The number of aromatic nitrogens is 6. The molecule has 3 aromatic heterocycles. The molecular formula is C32H34N8O5. The molecule has 2 amide bonds. The lowest BCUT2D eigenvalue weighted by Gasteiger charge is -2.25. The Kier molecular flexibility index (Phi) is 9.43. The molecule has 0 aliphatic carbocycles. The van der Waals surface area contributed by atoms with Gasteiger partial charge in [-0.1, -0.05) is 12.1 Å². The van der Waals surface area contributed by atoms with E-state index in [0.717, 1.165) is 22.8 Å². The van der Waals surface area contributed by atoms with E-state index in [1.807, 2.05) is 52.1 Å². The van der Waals surface area contributed by atoms with Crippen LogP contribution < -0.4 is 9.47 Å². The molecule has 0 saturated carbocycles. The van der Waals surface area contributed by atoms with E-state index in [2.05, 4.69) is 20.5 Å². The zero-order chi connectivity index (χ0) is 30.8. The van der Waals surface area contributed by atoms with E-state index in [4.69, 9.17) is 13.9 Å². The second kappa shape index (κ2) is 14.3. The summed E-state index contributed by atoms with van der Waals surface area (Å²) in [5.74, 6) is 2.12. The topological polar surface area (TPSA) is 134 Å². The smallest absolute Gasteiger partial charge is 0.289 e. The Labute approximate surface area is 260 Å². The number of rotatable bonds is 5. The molecule has 6 rings (SSSR count). The van der Waals surface area contributed by atoms with Crippen molar-refractivity contribution in [1.82, 2.24) is 39.6 Å². The van der Waals surface area contributed by atoms with E-state index in [9.17, 15) is 9.59 Å². The van der Waals surface area contributed by atoms with Crippen LogP contribution in [0.4, 0.5) is 0 Å². The van der Waals surface area contributed by atoms with E-state index in [1.54, 1.807) is 35.4 Å². The molecule has 4 heterocycles. The second-order valence-electron chi connectivity index (χ2n) is 10.6. The number of fused-ring (bicyclic) bond motifs is 4. The third-order valence-corrected chi connectivity index (χ3v) is 7.55. The average Bonchev–Trinajstić information content (AvgIpc) is 3.88. The number of benzene rings is 2. The van der Waals surface area contributed by atoms with Crippen LogP contribution in [0.2, 0.25) is 0 Å². The number of ether oxygens (including phenoxy) is 2. The van der Waals surface area contributed by atoms with Gasteiger partial charge in [0.05, 0.1) is 18.6 Å². The van der Waals surface area contributed by atoms with Gasteiger partial charge in [-0.3, -0.25) is 9.59 Å². The summed E-state index contributed by atoms with van der Waals surface area (Å²) in [5.41, 5.74) is 1.70. The molecule has 232 valence electrons. The first-order valence-electron chi connectivity index (χ1n) is 15.0. The third kappa shape index (κ3) is 7.55. The molecule has 1 aliphatic rings. The minimum Gasteiger partial charge on any atom is -0.494 e. The molecule has 5 aromatic rings. The monoisotopic (exact) mass is 610 g/mol. The molecular weight excluding hydrogens is 576 g/mol. The Morgan fingerprint density at radius 3 is 2.53 bits per heavy atom. The predicted molar refractivity (Wildman–Crippen MR) is 163 cm³/mol. The van der Waals surface area contributed by atoms with Gasteiger partial charge in [-0.15, -0.1) is 5.10 Å². The van der Waals surface area contributed by atoms with E-state index in [1.165, 1.54) is 17.3 Å². The Balaban J connectivity index is 1.16. The largest absolute Gasteiger partial charge is 0.494 e. The number of nitrogens with zero attached hydrogens (tertiary/aromatic N) is 8. The number of hydrogen-bond donors (Lipinski definition) is 0. The van der Waals surface area contributed by atoms with Crippen LogP contribution in [-0.2, 0) is 11.3 Å². The van der Waals surface area contributed by atoms with Crippen molar-refractivity contribution in [2.24, 2.45) is 0 Å². The van der Waals surface area contributed by atoms with Crippen molar-refractivity contribution in [2.75, 3.05) is 39.4 Å². The lowest BCUT2D eigenvalue weighted by Crippen LogP contribution is -2.38. The van der Waals surface area contributed by atoms with E-state index in [0.29, 0.717) is 70.1 Å². The highest BCUT2D eigenvalue weighted by Crippen LogP contribution is 2.23. The SMILES string of the molecule is O=C(COc1ccc(-n2cnnn2)cc1)N1CCCCN(C(=O)c2ccco2)CCCOc2cccc(c2)-c2nccn2CC1. The molecule has 0 unspecified atom stereocenters. The van der Waals surface area contributed by atoms with Gasteiger partial charge >= 0.3 is 0 Å². The Bertz CT molecular complexity index is 1670. The fraction of sp³-hybridized carbons (Fsp3) is 0.312. The summed E-state index contributed by atoms with van der Waals surface area (Å²) in [7, 11) is 0. The van der Waals surface area contributed by atoms with E-state index >= 15 is 0 Å². The van der Waals surface area contributed by atoms with Gasteiger partial charge < -0.3 is 28.3 Å². The van der Waals surface area contributed by atoms with Gasteiger partial charge in [0.1, 0.15) is 23.7 Å². The summed E-state index contributed by atoms with van der Waals surface area (Å²) in [5, 5.41) is 11.2. The highest BCUT2D eigenvalue weighted by atomic mass is 16.5. The molecule has 0 fully saturated rings. The standard InChI is InChI=1S/C32H34N8O5/c41-30(23-45-27-11-9-26(10-12-27)40-24-34-35-36-40)37-14-1-2-15-39(32(42)29-8-4-20-44-29)16-5-21-43-28-7-3-6-25(22-28)31-33-13-17-38(31)19-18-37/h3-4,6-13,17,20,22,24H,1-2,5,14-16,18-19,21,23H2. The first-order chi connectivity index (χ1) is 22.1. The van der Waals surface area contributed by atoms with Crippen molar-refractivity contribution in [3.05, 3.63) is 91.4 Å². The van der Waals surface area contributed by atoms with Crippen LogP contribution in [0, 0.1) is 0 Å². The van der Waals surface area contributed by atoms with Crippen molar-refractivity contribution in [2.45, 2.75) is 25.8 Å². The van der Waals surface area contributed by atoms with Crippen molar-refractivity contribution in [3.8, 4) is 28.6 Å². The van der Waals surface area contributed by atoms with Gasteiger partial charge in [0.2, 0.25) is 0 Å². The average molecular weight is 611 g/mol. The highest BCUT2D eigenvalue weighted by Gasteiger charge is 2.20. The van der Waals surface area contributed by atoms with E-state index in [-0.39, 0.29) is 18.4 Å². The fourth-order valence-corrected chi connectivity index (χ4v) is 5.20. The number of carbonyl (C=O) groups is 2. The maximum atomic E-state index is 13.5. The molecule has 13 heteroatoms. The number of imidazole rings is 1. The third-order valence-electron chi connectivity index (χ3n) is 7.55. The molecule has 45 heavy (non-hydrogen) atoms. The molecule has 0 N–H and O–H groups in total. The molecule has 1 aliphatic heterocycles. The fourth-order valence-electron chi connectivity index (χ4n) is 5.20. The number of tetrazole rings is 1. The van der Waals surface area contributed by atoms with Gasteiger partial charge in [0.15, 0.2) is 12.4 Å². The zero-order valence-corrected chi connectivity index (χ0v) is 24.8. The van der Waals surface area contributed by atoms with Crippen LogP contribution in [-0.4, -0.2) is 90.8 Å². The summed E-state index contributed by atoms with van der Waals surface area (Å²) < 4.78 is 20.9. The van der Waals surface area contributed by atoms with Gasteiger partial charge in [-0.25, -0.2) is 9.67 Å². The first kappa shape index (κ1) is 29.6. The minimum absolute atomic E-state index is 0.108. The van der Waals surface area contributed by atoms with Gasteiger partial charge in [-0.05, 0) is 78.2 Å². The summed E-state index contributed by atoms with van der Waals surface area (Å²) in [6.45, 7) is 2.95. The van der Waals surface area contributed by atoms with E-state index < -0.39 is 0 Å². The minimum atomic E-state index is -0.155. The maximum absolute atomic E-state index is 13.5. The quantitative estimate of drug-likeness (QED) is 0.292. The van der Waals surface area contributed by atoms with Crippen molar-refractivity contribution < 1.29 is 23.5 Å². The van der Waals surface area contributed by atoms with Crippen LogP contribution in [0.3, 0.4) is 0 Å². The molecule has 0 spiro atoms. The molecule has 0 radical (unpaired) electrons. The van der Waals surface area contributed by atoms with Crippen molar-refractivity contribution in [3.63, 3.8) is 0 Å². The predicted octanol–water partition coefficient (Wildman–Crippen LogP) is 3.73. The Morgan fingerprint density at radius 2 is 1.73 bits per heavy atom. The Morgan fingerprint density at radius 1 is 0.889 bits per heavy atom. The van der Waals surface area contributed by atoms with Crippen LogP contribution in [0.1, 0.15) is 29.8 Å². The van der Waals surface area contributed by atoms with Gasteiger partial charge in [-0.2, -0.15) is 0 Å². The van der Waals surface area contributed by atoms with Crippen LogP contribution in [0.15, 0.2) is 90.1 Å². The molecule has 2 aromatic carbocycles. The number of carbonyl (C=O) groups excluding carboxylic acids is 2. The molecule has 0 saturated heterocycles. The molecule has 2 bridgehead atoms. The van der Waals surface area contributed by atoms with Crippen molar-refractivity contribution >= 4 is 11.8 Å². The normalized spacial score (nSPS) is 14.7. The summed E-state index contributed by atoms with van der Waals surface area (Å²) in [6, 6.07) is 18.4. The molecule has 13 nitrogen and oxygen atoms in total. The van der Waals surface area contributed by atoms with Crippen LogP contribution >= 0.6 is 0 Å². The van der Waals surface area contributed by atoms with Gasteiger partial charge in [0.25, 0.3) is 11.8 Å². The second-order valence-corrected chi connectivity index (χ2v) is 10.6. The molecule has 0 atom stereocenters. The lowest BCUT2D eigenvalue weighted by atomic mass is 10.2. The van der Waals surface area contributed by atoms with Crippen molar-refractivity contribution in [1.29, 1.82) is 0 Å². The van der Waals surface area contributed by atoms with Crippen LogP contribution in [0.5, 0.6) is 11.5 Å². The highest BCUT2D eigenvalue weighted by molar-refractivity contribution is 5.91. The summed E-state index contributed by atoms with van der Waals surface area (Å²) in [4.78, 5) is 34.8. The number of hydrogen-bond acceptors (Lipinski definition) is 9. The summed E-state index contributed by atoms with van der Waals surface area (Å²) in [6.07, 6.45) is 8.77. The summed E-state index contributed by atoms with van der Waals surface area (Å²) >= 11 is 0. The number of furan rings is 1. The first-order valence-corrected chi connectivity index (χ1v) is 15.0. The number of amides is 2. The Hall–Kier alpha value is -5.46. The maximum Gasteiger partial charge on any atom is 0.289 e. The van der Waals surface area contributed by atoms with Crippen LogP contribution in [0.25, 0.3) is 17.1 Å².